The Hall–Kier alpha value is -2.16. The van der Waals surface area contributed by atoms with Crippen LogP contribution in [-0.2, 0) is 18.8 Å². The van der Waals surface area contributed by atoms with Gasteiger partial charge in [0, 0.05) is 13.8 Å². The van der Waals surface area contributed by atoms with E-state index in [9.17, 15) is 14.4 Å². The number of hydrogen-bond acceptors (Lipinski definition) is 6. The van der Waals surface area contributed by atoms with Crippen LogP contribution in [0.15, 0.2) is 23.3 Å². The van der Waals surface area contributed by atoms with E-state index in [2.05, 4.69) is 25.5 Å². The van der Waals surface area contributed by atoms with E-state index in [0.717, 1.165) is 6.92 Å². The summed E-state index contributed by atoms with van der Waals surface area (Å²) < 4.78 is 13.1. The Morgan fingerprint density at radius 1 is 1.11 bits per heavy atom. The number of allylic oxidation sites excluding steroid dienone is 2. The third-order valence-corrected chi connectivity index (χ3v) is 1.26. The van der Waals surface area contributed by atoms with Crippen LogP contribution in [0.5, 0.6) is 0 Å². The first-order valence-electron chi connectivity index (χ1n) is 4.84. The SMILES string of the molecule is CC=C=C=C(C)OC(=O)[B]C(=O)O[B]OC(C)=O. The number of carbonyl (C=O) groups is 3. The average molecular weight is 248 g/mol. The van der Waals surface area contributed by atoms with Gasteiger partial charge in [0.1, 0.15) is 0 Å². The molecule has 0 atom stereocenters. The van der Waals surface area contributed by atoms with E-state index in [1.807, 2.05) is 0 Å². The predicted octanol–water partition coefficient (Wildman–Crippen LogP) is 1.30. The highest BCUT2D eigenvalue weighted by molar-refractivity contribution is 6.95. The highest BCUT2D eigenvalue weighted by Gasteiger charge is 2.18. The molecule has 0 saturated carbocycles. The van der Waals surface area contributed by atoms with E-state index in [-0.39, 0.29) is 5.76 Å². The van der Waals surface area contributed by atoms with Crippen molar-refractivity contribution in [2.75, 3.05) is 0 Å². The van der Waals surface area contributed by atoms with Gasteiger partial charge in [-0.15, -0.1) is 0 Å². The lowest BCUT2D eigenvalue weighted by molar-refractivity contribution is -0.132. The molecule has 0 aliphatic rings. The molecule has 0 bridgehead atoms. The van der Waals surface area contributed by atoms with Gasteiger partial charge in [0.05, 0.1) is 0 Å². The van der Waals surface area contributed by atoms with Gasteiger partial charge in [-0.25, -0.2) is 0 Å². The maximum Gasteiger partial charge on any atom is 0.661 e. The minimum atomic E-state index is -1.02. The Balaban J connectivity index is 4.06. The minimum absolute atomic E-state index is 0.145. The Morgan fingerprint density at radius 3 is 2.33 bits per heavy atom. The van der Waals surface area contributed by atoms with Gasteiger partial charge in [0.15, 0.2) is 5.76 Å². The third-order valence-electron chi connectivity index (χ3n) is 1.26. The second-order valence-corrected chi connectivity index (χ2v) is 2.82. The third kappa shape index (κ3) is 9.09. The molecule has 0 unspecified atom stereocenters. The second kappa shape index (κ2) is 8.93. The number of rotatable bonds is 5. The zero-order valence-corrected chi connectivity index (χ0v) is 10.2. The van der Waals surface area contributed by atoms with Gasteiger partial charge in [-0.05, 0) is 18.7 Å². The molecule has 0 saturated heterocycles. The average Bonchev–Trinajstić information content (AvgIpc) is 2.25. The van der Waals surface area contributed by atoms with E-state index >= 15 is 0 Å². The molecular formula is C10H10B2O6. The van der Waals surface area contributed by atoms with E-state index in [0.29, 0.717) is 15.0 Å². The molecule has 0 spiro atoms. The highest BCUT2D eigenvalue weighted by Crippen LogP contribution is 1.94. The lowest BCUT2D eigenvalue weighted by atomic mass is 9.79. The molecule has 18 heavy (non-hydrogen) atoms. The van der Waals surface area contributed by atoms with Crippen molar-refractivity contribution in [3.63, 3.8) is 0 Å². The molecule has 0 aromatic heterocycles. The maximum atomic E-state index is 11.1. The number of hydrogen-bond donors (Lipinski definition) is 0. The molecule has 0 fully saturated rings. The zero-order chi connectivity index (χ0) is 14.0. The van der Waals surface area contributed by atoms with Gasteiger partial charge in [-0.2, -0.15) is 0 Å². The van der Waals surface area contributed by atoms with Crippen LogP contribution < -0.4 is 0 Å². The number of carbonyl (C=O) groups excluding carboxylic acids is 3. The Kier molecular flexibility index (Phi) is 7.86. The van der Waals surface area contributed by atoms with Crippen LogP contribution in [0.3, 0.4) is 0 Å². The highest BCUT2D eigenvalue weighted by atomic mass is 16.6. The van der Waals surface area contributed by atoms with E-state index < -0.39 is 17.7 Å². The predicted molar refractivity (Wildman–Crippen MR) is 62.7 cm³/mol. The first-order chi connectivity index (χ1) is 8.45. The first kappa shape index (κ1) is 15.8. The van der Waals surface area contributed by atoms with Gasteiger partial charge >= 0.3 is 15.0 Å². The fourth-order valence-electron chi connectivity index (χ4n) is 0.649. The fourth-order valence-corrected chi connectivity index (χ4v) is 0.649. The van der Waals surface area contributed by atoms with Crippen molar-refractivity contribution in [3.05, 3.63) is 23.3 Å². The van der Waals surface area contributed by atoms with E-state index in [1.165, 1.54) is 6.92 Å². The summed E-state index contributed by atoms with van der Waals surface area (Å²) in [5.41, 5.74) is 5.08. The van der Waals surface area contributed by atoms with Crippen molar-refractivity contribution in [2.24, 2.45) is 0 Å². The van der Waals surface area contributed by atoms with Crippen LogP contribution in [0.4, 0.5) is 9.59 Å². The molecule has 8 heteroatoms. The monoisotopic (exact) mass is 248 g/mol. The van der Waals surface area contributed by atoms with Crippen molar-refractivity contribution in [2.45, 2.75) is 20.8 Å². The molecule has 0 aliphatic carbocycles. The summed E-state index contributed by atoms with van der Waals surface area (Å²) in [6.45, 7) is 4.32. The summed E-state index contributed by atoms with van der Waals surface area (Å²) in [5.74, 6) is -2.46. The quantitative estimate of drug-likeness (QED) is 0.414. The smallest absolute Gasteiger partial charge is 0.508 e. The Labute approximate surface area is 106 Å². The fraction of sp³-hybridized carbons (Fsp3) is 0.300. The summed E-state index contributed by atoms with van der Waals surface area (Å²) in [6.07, 6.45) is 1.57. The van der Waals surface area contributed by atoms with Crippen molar-refractivity contribution < 1.29 is 28.4 Å². The summed E-state index contributed by atoms with van der Waals surface area (Å²) in [7, 11) is 1.08. The van der Waals surface area contributed by atoms with Crippen molar-refractivity contribution in [1.29, 1.82) is 0 Å². The van der Waals surface area contributed by atoms with Gasteiger partial charge < -0.3 is 14.0 Å². The molecule has 0 rings (SSSR count). The molecule has 2 radical (unpaired) electrons. The standard InChI is InChI=1S/C10H10B2O6/c1-4-5-6-7(2)16-9(14)11-10(15)18-12-17-8(3)13/h4H,1-3H3. The molecule has 0 heterocycles. The molecule has 0 amide bonds. The largest absolute Gasteiger partial charge is 0.661 e. The number of ether oxygens (including phenoxy) is 1. The van der Waals surface area contributed by atoms with Crippen molar-refractivity contribution in [1.82, 2.24) is 0 Å². The topological polar surface area (TPSA) is 78.9 Å². The van der Waals surface area contributed by atoms with Crippen LogP contribution in [0.25, 0.3) is 0 Å². The lowest BCUT2D eigenvalue weighted by Crippen LogP contribution is -2.24. The van der Waals surface area contributed by atoms with Crippen molar-refractivity contribution in [3.8, 4) is 0 Å². The summed E-state index contributed by atoms with van der Waals surface area (Å²) in [6, 6.07) is 0. The molecule has 6 nitrogen and oxygen atoms in total. The van der Waals surface area contributed by atoms with E-state index in [4.69, 9.17) is 0 Å². The molecule has 92 valence electrons. The van der Waals surface area contributed by atoms with Crippen LogP contribution in [0.1, 0.15) is 20.8 Å². The summed E-state index contributed by atoms with van der Waals surface area (Å²) >= 11 is 0. The summed E-state index contributed by atoms with van der Waals surface area (Å²) in [5, 5.41) is 0. The van der Waals surface area contributed by atoms with Crippen LogP contribution in [0, 0.1) is 0 Å². The Bertz CT molecular complexity index is 430. The van der Waals surface area contributed by atoms with Crippen LogP contribution >= 0.6 is 0 Å². The Morgan fingerprint density at radius 2 is 1.78 bits per heavy atom. The van der Waals surface area contributed by atoms with Gasteiger partial charge in [0.2, 0.25) is 5.87 Å². The van der Waals surface area contributed by atoms with Gasteiger partial charge in [0.25, 0.3) is 11.8 Å². The van der Waals surface area contributed by atoms with E-state index in [1.54, 1.807) is 13.0 Å². The molecule has 0 aliphatic heterocycles. The molecule has 0 aromatic rings. The summed E-state index contributed by atoms with van der Waals surface area (Å²) in [4.78, 5) is 32.4. The van der Waals surface area contributed by atoms with Crippen LogP contribution in [-0.4, -0.2) is 32.7 Å². The van der Waals surface area contributed by atoms with Gasteiger partial charge in [-0.3, -0.25) is 14.4 Å². The van der Waals surface area contributed by atoms with Crippen molar-refractivity contribution >= 4 is 32.7 Å². The first-order valence-corrected chi connectivity index (χ1v) is 4.84. The normalized spacial score (nSPS) is 7.94. The van der Waals surface area contributed by atoms with Crippen LogP contribution in [0.2, 0.25) is 0 Å². The molecule has 0 aromatic carbocycles. The second-order valence-electron chi connectivity index (χ2n) is 2.82. The van der Waals surface area contributed by atoms with Gasteiger partial charge in [-0.1, -0.05) is 5.73 Å². The minimum Gasteiger partial charge on any atom is -0.508 e. The molecular weight excluding hydrogens is 238 g/mol. The zero-order valence-electron chi connectivity index (χ0n) is 10.2. The maximum absolute atomic E-state index is 11.1. The lowest BCUT2D eigenvalue weighted by Gasteiger charge is -2.02. The molecule has 0 N–H and O–H groups in total.